The van der Waals surface area contributed by atoms with E-state index in [1.165, 1.54) is 20.0 Å². The predicted molar refractivity (Wildman–Crippen MR) is 105 cm³/mol. The van der Waals surface area contributed by atoms with Gasteiger partial charge < -0.3 is 14.0 Å². The first-order valence-corrected chi connectivity index (χ1v) is 9.63. The zero-order chi connectivity index (χ0) is 20.4. The lowest BCUT2D eigenvalue weighted by Gasteiger charge is -2.15. The topological polar surface area (TPSA) is 97.4 Å². The number of esters is 1. The summed E-state index contributed by atoms with van der Waals surface area (Å²) >= 11 is 0. The Morgan fingerprint density at radius 3 is 2.76 bits per heavy atom. The van der Waals surface area contributed by atoms with E-state index in [0.717, 1.165) is 12.8 Å². The number of hydrogen-bond donors (Lipinski definition) is 0. The molecule has 0 unspecified atom stereocenters. The molecule has 0 saturated carbocycles. The van der Waals surface area contributed by atoms with Gasteiger partial charge in [-0.15, -0.1) is 0 Å². The summed E-state index contributed by atoms with van der Waals surface area (Å²) in [6, 6.07) is 8.99. The van der Waals surface area contributed by atoms with Crippen LogP contribution >= 0.6 is 0 Å². The summed E-state index contributed by atoms with van der Waals surface area (Å²) in [6.45, 7) is 2.57. The van der Waals surface area contributed by atoms with Gasteiger partial charge in [-0.1, -0.05) is 18.2 Å². The van der Waals surface area contributed by atoms with Crippen LogP contribution in [-0.2, 0) is 27.4 Å². The first kappa shape index (κ1) is 19.1. The van der Waals surface area contributed by atoms with Gasteiger partial charge in [-0.2, -0.15) is 0 Å². The second-order valence-corrected chi connectivity index (χ2v) is 6.85. The zero-order valence-corrected chi connectivity index (χ0v) is 16.1. The summed E-state index contributed by atoms with van der Waals surface area (Å²) in [4.78, 5) is 42.7. The van der Waals surface area contributed by atoms with Crippen molar-refractivity contribution in [3.8, 4) is 5.69 Å². The van der Waals surface area contributed by atoms with Gasteiger partial charge in [0.15, 0.2) is 11.2 Å². The standard InChI is InChI=1S/C20H22N4O5/c1-2-28-16(25)12-22-13-21-18-17(22)19(26)23(11-15-9-6-10-29-15)20(27)24(18)14-7-4-3-5-8-14/h3-5,7-8,13,15H,2,6,9-12H2,1H3/t15-/m1/s1. The summed E-state index contributed by atoms with van der Waals surface area (Å²) in [5.41, 5.74) is 0.00336. The van der Waals surface area contributed by atoms with Gasteiger partial charge in [-0.25, -0.2) is 14.3 Å². The average Bonchev–Trinajstić information content (AvgIpc) is 3.37. The zero-order valence-electron chi connectivity index (χ0n) is 16.1. The van der Waals surface area contributed by atoms with Crippen molar-refractivity contribution in [2.45, 2.75) is 39.0 Å². The number of imidazole rings is 1. The van der Waals surface area contributed by atoms with Crippen LogP contribution in [0.1, 0.15) is 19.8 Å². The first-order valence-electron chi connectivity index (χ1n) is 9.63. The highest BCUT2D eigenvalue weighted by Gasteiger charge is 2.24. The van der Waals surface area contributed by atoms with Crippen molar-refractivity contribution in [1.82, 2.24) is 18.7 Å². The van der Waals surface area contributed by atoms with Gasteiger partial charge in [-0.05, 0) is 31.9 Å². The van der Waals surface area contributed by atoms with E-state index in [1.807, 2.05) is 6.07 Å². The normalized spacial score (nSPS) is 16.4. The van der Waals surface area contributed by atoms with E-state index in [2.05, 4.69) is 4.98 Å². The molecule has 1 aliphatic rings. The minimum absolute atomic E-state index is 0.158. The number of nitrogens with zero attached hydrogens (tertiary/aromatic N) is 4. The van der Waals surface area contributed by atoms with Crippen LogP contribution in [0.3, 0.4) is 0 Å². The van der Waals surface area contributed by atoms with E-state index in [1.54, 1.807) is 31.2 Å². The Balaban J connectivity index is 1.92. The fourth-order valence-electron chi connectivity index (χ4n) is 3.61. The number of rotatable bonds is 6. The quantitative estimate of drug-likeness (QED) is 0.577. The maximum Gasteiger partial charge on any atom is 0.337 e. The fraction of sp³-hybridized carbons (Fsp3) is 0.400. The molecule has 0 N–H and O–H groups in total. The lowest BCUT2D eigenvalue weighted by molar-refractivity contribution is -0.143. The van der Waals surface area contributed by atoms with Crippen LogP contribution < -0.4 is 11.2 Å². The molecule has 1 saturated heterocycles. The average molecular weight is 398 g/mol. The molecule has 152 valence electrons. The molecule has 0 amide bonds. The van der Waals surface area contributed by atoms with Gasteiger partial charge in [-0.3, -0.25) is 14.2 Å². The molecule has 0 bridgehead atoms. The fourth-order valence-corrected chi connectivity index (χ4v) is 3.61. The Bertz CT molecular complexity index is 1140. The van der Waals surface area contributed by atoms with Gasteiger partial charge in [0.05, 0.1) is 31.3 Å². The van der Waals surface area contributed by atoms with Crippen LogP contribution in [0.2, 0.25) is 0 Å². The van der Waals surface area contributed by atoms with Crippen LogP contribution in [-0.4, -0.2) is 44.0 Å². The molecule has 1 atom stereocenters. The molecule has 0 aliphatic carbocycles. The third-order valence-corrected chi connectivity index (χ3v) is 4.93. The third kappa shape index (κ3) is 3.61. The Labute approximate surface area is 166 Å². The SMILES string of the molecule is CCOC(=O)Cn1cnc2c1c(=O)n(C[C@H]1CCCO1)c(=O)n2-c1ccccc1. The van der Waals surface area contributed by atoms with Crippen LogP contribution in [0.25, 0.3) is 16.9 Å². The molecule has 1 aliphatic heterocycles. The number of ether oxygens (including phenoxy) is 2. The summed E-state index contributed by atoms with van der Waals surface area (Å²) in [5.74, 6) is -0.477. The predicted octanol–water partition coefficient (Wildman–Crippen LogP) is 1.09. The molecular formula is C20H22N4O5. The van der Waals surface area contributed by atoms with Crippen LogP contribution in [0.5, 0.6) is 0 Å². The summed E-state index contributed by atoms with van der Waals surface area (Å²) in [7, 11) is 0. The molecular weight excluding hydrogens is 376 g/mol. The van der Waals surface area contributed by atoms with Gasteiger partial charge in [0.1, 0.15) is 6.54 Å². The van der Waals surface area contributed by atoms with E-state index in [4.69, 9.17) is 9.47 Å². The highest BCUT2D eigenvalue weighted by Crippen LogP contribution is 2.15. The Hall–Kier alpha value is -3.20. The second-order valence-electron chi connectivity index (χ2n) is 6.85. The highest BCUT2D eigenvalue weighted by molar-refractivity contribution is 5.76. The highest BCUT2D eigenvalue weighted by atomic mass is 16.5. The molecule has 9 heteroatoms. The van der Waals surface area contributed by atoms with Gasteiger partial charge >= 0.3 is 11.7 Å². The van der Waals surface area contributed by atoms with Crippen molar-refractivity contribution in [3.63, 3.8) is 0 Å². The molecule has 3 aromatic rings. The summed E-state index contributed by atoms with van der Waals surface area (Å²) in [6.07, 6.45) is 2.88. The molecule has 9 nitrogen and oxygen atoms in total. The number of fused-ring (bicyclic) bond motifs is 1. The molecule has 0 radical (unpaired) electrons. The van der Waals surface area contributed by atoms with Gasteiger partial charge in [0.2, 0.25) is 0 Å². The van der Waals surface area contributed by atoms with Crippen molar-refractivity contribution in [2.75, 3.05) is 13.2 Å². The number of benzene rings is 1. The van der Waals surface area contributed by atoms with Crippen molar-refractivity contribution >= 4 is 17.1 Å². The van der Waals surface area contributed by atoms with Crippen molar-refractivity contribution in [1.29, 1.82) is 0 Å². The molecule has 1 fully saturated rings. The Morgan fingerprint density at radius 1 is 1.28 bits per heavy atom. The summed E-state index contributed by atoms with van der Waals surface area (Å²) < 4.78 is 14.6. The number of aromatic nitrogens is 4. The Kier molecular flexibility index (Phi) is 5.30. The maximum atomic E-state index is 13.3. The first-order chi connectivity index (χ1) is 14.1. The van der Waals surface area contributed by atoms with Crippen molar-refractivity contribution in [3.05, 3.63) is 57.5 Å². The molecule has 3 heterocycles. The minimum Gasteiger partial charge on any atom is -0.465 e. The lowest BCUT2D eigenvalue weighted by Crippen LogP contribution is -2.42. The van der Waals surface area contributed by atoms with Gasteiger partial charge in [0, 0.05) is 6.61 Å². The minimum atomic E-state index is -0.491. The molecule has 1 aromatic carbocycles. The largest absolute Gasteiger partial charge is 0.465 e. The Morgan fingerprint density at radius 2 is 2.07 bits per heavy atom. The smallest absolute Gasteiger partial charge is 0.337 e. The number of para-hydroxylation sites is 1. The second kappa shape index (κ2) is 8.04. The monoisotopic (exact) mass is 398 g/mol. The molecule has 2 aromatic heterocycles. The maximum absolute atomic E-state index is 13.3. The molecule has 29 heavy (non-hydrogen) atoms. The number of carbonyl (C=O) groups excluding carboxylic acids is 1. The molecule has 4 rings (SSSR count). The lowest BCUT2D eigenvalue weighted by atomic mass is 10.2. The van der Waals surface area contributed by atoms with Crippen LogP contribution in [0.15, 0.2) is 46.2 Å². The van der Waals surface area contributed by atoms with Crippen LogP contribution in [0, 0.1) is 0 Å². The van der Waals surface area contributed by atoms with Gasteiger partial charge in [0.25, 0.3) is 5.56 Å². The van der Waals surface area contributed by atoms with Crippen molar-refractivity contribution < 1.29 is 14.3 Å². The van der Waals surface area contributed by atoms with E-state index >= 15 is 0 Å². The van der Waals surface area contributed by atoms with E-state index in [0.29, 0.717) is 12.3 Å². The summed E-state index contributed by atoms with van der Waals surface area (Å²) in [5, 5.41) is 0. The number of hydrogen-bond acceptors (Lipinski definition) is 6. The van der Waals surface area contributed by atoms with Crippen LogP contribution in [0.4, 0.5) is 0 Å². The third-order valence-electron chi connectivity index (χ3n) is 4.93. The number of carbonyl (C=O) groups is 1. The van der Waals surface area contributed by atoms with E-state index in [9.17, 15) is 14.4 Å². The van der Waals surface area contributed by atoms with E-state index in [-0.39, 0.29) is 37.0 Å². The molecule has 0 spiro atoms. The van der Waals surface area contributed by atoms with Crippen molar-refractivity contribution in [2.24, 2.45) is 0 Å². The van der Waals surface area contributed by atoms with E-state index < -0.39 is 17.2 Å².